The molecule has 2 heterocycles. The zero-order chi connectivity index (χ0) is 25.7. The molecule has 0 radical (unpaired) electrons. The highest BCUT2D eigenvalue weighted by Gasteiger charge is 2.26. The van der Waals surface area contributed by atoms with E-state index in [4.69, 9.17) is 9.73 Å². The Bertz CT molecular complexity index is 1330. The Morgan fingerprint density at radius 2 is 1.54 bits per heavy atom. The molecular formula is C29H37N3O3S2. The fourth-order valence-electron chi connectivity index (χ4n) is 5.43. The molecule has 2 aliphatic rings. The van der Waals surface area contributed by atoms with Crippen LogP contribution in [-0.2, 0) is 10.0 Å². The van der Waals surface area contributed by atoms with Crippen LogP contribution in [0.1, 0.15) is 70.8 Å². The van der Waals surface area contributed by atoms with Crippen molar-refractivity contribution in [3.63, 3.8) is 0 Å². The van der Waals surface area contributed by atoms with Gasteiger partial charge < -0.3 is 9.30 Å². The predicted octanol–water partition coefficient (Wildman–Crippen LogP) is 6.92. The first-order valence-corrected chi connectivity index (χ1v) is 16.0. The summed E-state index contributed by atoms with van der Waals surface area (Å²) in [4.78, 5) is 6.38. The van der Waals surface area contributed by atoms with Crippen LogP contribution in [0.25, 0.3) is 11.3 Å². The lowest BCUT2D eigenvalue weighted by Gasteiger charge is -2.25. The van der Waals surface area contributed by atoms with Crippen LogP contribution in [0.2, 0.25) is 0 Å². The second-order valence-corrected chi connectivity index (χ2v) is 12.7. The van der Waals surface area contributed by atoms with Crippen LogP contribution < -0.4 is 9.54 Å². The van der Waals surface area contributed by atoms with Crippen molar-refractivity contribution in [2.24, 2.45) is 4.99 Å². The van der Waals surface area contributed by atoms with E-state index in [0.29, 0.717) is 30.6 Å². The summed E-state index contributed by atoms with van der Waals surface area (Å²) in [6.45, 7) is 3.86. The molecule has 0 spiro atoms. The first kappa shape index (κ1) is 26.2. The molecule has 0 bridgehead atoms. The van der Waals surface area contributed by atoms with Crippen molar-refractivity contribution in [3.8, 4) is 17.0 Å². The van der Waals surface area contributed by atoms with Gasteiger partial charge in [0.15, 0.2) is 4.80 Å². The van der Waals surface area contributed by atoms with Crippen molar-refractivity contribution in [3.05, 3.63) is 58.7 Å². The van der Waals surface area contributed by atoms with Gasteiger partial charge in [0.05, 0.1) is 22.9 Å². The minimum Gasteiger partial charge on any atom is -0.494 e. The Hall–Kier alpha value is -2.42. The summed E-state index contributed by atoms with van der Waals surface area (Å²) in [7, 11) is -3.46. The van der Waals surface area contributed by atoms with Gasteiger partial charge in [-0.05, 0) is 74.6 Å². The van der Waals surface area contributed by atoms with E-state index >= 15 is 0 Å². The van der Waals surface area contributed by atoms with E-state index in [1.165, 1.54) is 19.3 Å². The smallest absolute Gasteiger partial charge is 0.243 e. The lowest BCUT2D eigenvalue weighted by atomic mass is 9.95. The van der Waals surface area contributed by atoms with Gasteiger partial charge in [-0.15, -0.1) is 11.3 Å². The van der Waals surface area contributed by atoms with Crippen LogP contribution in [0.4, 0.5) is 5.69 Å². The van der Waals surface area contributed by atoms with E-state index in [-0.39, 0.29) is 0 Å². The van der Waals surface area contributed by atoms with Crippen LogP contribution in [-0.4, -0.2) is 37.0 Å². The van der Waals surface area contributed by atoms with Crippen molar-refractivity contribution >= 4 is 27.0 Å². The van der Waals surface area contributed by atoms with Crippen molar-refractivity contribution in [1.29, 1.82) is 0 Å². The van der Waals surface area contributed by atoms with E-state index in [1.54, 1.807) is 27.8 Å². The standard InChI is InChI=1S/C29H37N3O3S2/c1-2-35-26-16-14-24(15-17-26)30-29-32(25-10-6-5-7-11-25)28(22-36-29)23-12-18-27(19-13-23)37(33,34)31-20-8-3-4-9-21-31/h12-19,22,25H,2-11,20-21H2,1H3. The van der Waals surface area contributed by atoms with Gasteiger partial charge in [-0.3, -0.25) is 0 Å². The number of benzene rings is 2. The summed E-state index contributed by atoms with van der Waals surface area (Å²) in [6, 6.07) is 15.8. The van der Waals surface area contributed by atoms with Crippen LogP contribution >= 0.6 is 11.3 Å². The molecule has 8 heteroatoms. The zero-order valence-electron chi connectivity index (χ0n) is 21.6. The SMILES string of the molecule is CCOc1ccc(N=c2scc(-c3ccc(S(=O)(=O)N4CCCCCC4)cc3)n2C2CCCCC2)cc1. The van der Waals surface area contributed by atoms with E-state index in [0.717, 1.165) is 66.0 Å². The molecule has 0 unspecified atom stereocenters. The number of ether oxygens (including phenoxy) is 1. The Morgan fingerprint density at radius 3 is 2.19 bits per heavy atom. The fourth-order valence-corrected chi connectivity index (χ4v) is 7.93. The molecule has 1 aliphatic carbocycles. The topological polar surface area (TPSA) is 63.9 Å². The number of sulfonamides is 1. The van der Waals surface area contributed by atoms with Crippen LogP contribution in [0.15, 0.2) is 63.8 Å². The Labute approximate surface area is 224 Å². The second-order valence-electron chi connectivity index (χ2n) is 9.95. The minimum atomic E-state index is -3.46. The maximum Gasteiger partial charge on any atom is 0.243 e. The summed E-state index contributed by atoms with van der Waals surface area (Å²) in [6.07, 6.45) is 10.1. The monoisotopic (exact) mass is 539 g/mol. The van der Waals surface area contributed by atoms with Crippen LogP contribution in [0.3, 0.4) is 0 Å². The van der Waals surface area contributed by atoms with Gasteiger partial charge >= 0.3 is 0 Å². The van der Waals surface area contributed by atoms with E-state index < -0.39 is 10.0 Å². The first-order chi connectivity index (χ1) is 18.1. The third-order valence-electron chi connectivity index (χ3n) is 7.41. The predicted molar refractivity (Wildman–Crippen MR) is 150 cm³/mol. The summed E-state index contributed by atoms with van der Waals surface area (Å²) < 4.78 is 36.2. The van der Waals surface area contributed by atoms with Gasteiger partial charge in [0.2, 0.25) is 10.0 Å². The number of rotatable bonds is 7. The molecule has 1 aromatic heterocycles. The molecule has 0 N–H and O–H groups in total. The highest BCUT2D eigenvalue weighted by Crippen LogP contribution is 2.33. The maximum atomic E-state index is 13.3. The molecule has 2 fully saturated rings. The molecule has 1 saturated carbocycles. The highest BCUT2D eigenvalue weighted by atomic mass is 32.2. The van der Waals surface area contributed by atoms with Gasteiger partial charge in [0.25, 0.3) is 0 Å². The van der Waals surface area contributed by atoms with Gasteiger partial charge in [0, 0.05) is 24.5 Å². The molecule has 37 heavy (non-hydrogen) atoms. The Balaban J connectivity index is 1.48. The lowest BCUT2D eigenvalue weighted by Crippen LogP contribution is -2.31. The number of hydrogen-bond donors (Lipinski definition) is 0. The Morgan fingerprint density at radius 1 is 0.892 bits per heavy atom. The van der Waals surface area contributed by atoms with Gasteiger partial charge in [-0.25, -0.2) is 13.4 Å². The summed E-state index contributed by atoms with van der Waals surface area (Å²) in [5.74, 6) is 0.851. The van der Waals surface area contributed by atoms with Crippen molar-refractivity contribution in [2.75, 3.05) is 19.7 Å². The molecule has 2 aromatic carbocycles. The molecule has 0 atom stereocenters. The fraction of sp³-hybridized carbons (Fsp3) is 0.483. The van der Waals surface area contributed by atoms with Crippen molar-refractivity contribution < 1.29 is 13.2 Å². The maximum absolute atomic E-state index is 13.3. The first-order valence-electron chi connectivity index (χ1n) is 13.6. The van der Waals surface area contributed by atoms with E-state index in [9.17, 15) is 8.42 Å². The molecule has 3 aromatic rings. The molecule has 0 amide bonds. The number of hydrogen-bond acceptors (Lipinski definition) is 5. The second kappa shape index (κ2) is 12.0. The zero-order valence-corrected chi connectivity index (χ0v) is 23.3. The average Bonchev–Trinajstić information content (AvgIpc) is 3.13. The average molecular weight is 540 g/mol. The molecule has 5 rings (SSSR count). The molecule has 6 nitrogen and oxygen atoms in total. The number of aromatic nitrogens is 1. The summed E-state index contributed by atoms with van der Waals surface area (Å²) in [5, 5.41) is 2.17. The quantitative estimate of drug-likeness (QED) is 0.327. The molecule has 198 valence electrons. The summed E-state index contributed by atoms with van der Waals surface area (Å²) in [5.41, 5.74) is 3.05. The van der Waals surface area contributed by atoms with E-state index in [2.05, 4.69) is 9.95 Å². The van der Waals surface area contributed by atoms with E-state index in [1.807, 2.05) is 43.3 Å². The summed E-state index contributed by atoms with van der Waals surface area (Å²) >= 11 is 1.65. The van der Waals surface area contributed by atoms with Crippen LogP contribution in [0, 0.1) is 0 Å². The van der Waals surface area contributed by atoms with Gasteiger partial charge in [-0.2, -0.15) is 4.31 Å². The third-order valence-corrected chi connectivity index (χ3v) is 10.2. The molecular weight excluding hydrogens is 502 g/mol. The largest absolute Gasteiger partial charge is 0.494 e. The lowest BCUT2D eigenvalue weighted by molar-refractivity contribution is 0.340. The minimum absolute atomic E-state index is 0.386. The third kappa shape index (κ3) is 6.02. The Kier molecular flexibility index (Phi) is 8.47. The molecule has 1 aliphatic heterocycles. The van der Waals surface area contributed by atoms with Crippen LogP contribution in [0.5, 0.6) is 5.75 Å². The number of thiazole rings is 1. The normalized spacial score (nSPS) is 18.6. The van der Waals surface area contributed by atoms with Crippen molar-refractivity contribution in [1.82, 2.24) is 8.87 Å². The van der Waals surface area contributed by atoms with Gasteiger partial charge in [-0.1, -0.05) is 44.2 Å². The highest BCUT2D eigenvalue weighted by molar-refractivity contribution is 7.89. The number of nitrogens with zero attached hydrogens (tertiary/aromatic N) is 3. The molecule has 1 saturated heterocycles. The van der Waals surface area contributed by atoms with Crippen molar-refractivity contribution in [2.45, 2.75) is 75.6 Å². The van der Waals surface area contributed by atoms with Gasteiger partial charge in [0.1, 0.15) is 5.75 Å².